The molecule has 1 aliphatic carbocycles. The van der Waals surface area contributed by atoms with Crippen molar-refractivity contribution in [1.29, 1.82) is 0 Å². The van der Waals surface area contributed by atoms with Crippen molar-refractivity contribution in [3.8, 4) is 0 Å². The first-order chi connectivity index (χ1) is 6.33. The standard InChI is InChI=1S/C11H22BO2/c1-10(2,13)11(3,4)14-12-9-7-5-6-8-9/h9,13H,5-8H2,1-4H3. The second kappa shape index (κ2) is 4.24. The molecular formula is C11H22BO2. The quantitative estimate of drug-likeness (QED) is 0.701. The smallest absolute Gasteiger partial charge is 0.296 e. The lowest BCUT2D eigenvalue weighted by atomic mass is 9.76. The van der Waals surface area contributed by atoms with Crippen molar-refractivity contribution in [2.24, 2.45) is 0 Å². The summed E-state index contributed by atoms with van der Waals surface area (Å²) in [7, 11) is 1.94. The van der Waals surface area contributed by atoms with Gasteiger partial charge in [-0.25, -0.2) is 0 Å². The summed E-state index contributed by atoms with van der Waals surface area (Å²) in [5, 5.41) is 9.87. The second-order valence-corrected chi connectivity index (χ2v) is 5.37. The van der Waals surface area contributed by atoms with Gasteiger partial charge in [0.1, 0.15) is 0 Å². The molecule has 1 fully saturated rings. The Balaban J connectivity index is 2.35. The highest BCUT2D eigenvalue weighted by molar-refractivity contribution is 6.29. The number of rotatable bonds is 4. The Morgan fingerprint density at radius 3 is 2.07 bits per heavy atom. The molecular weight excluding hydrogens is 175 g/mol. The van der Waals surface area contributed by atoms with E-state index >= 15 is 0 Å². The molecule has 1 saturated carbocycles. The van der Waals surface area contributed by atoms with Crippen molar-refractivity contribution in [3.05, 3.63) is 0 Å². The predicted octanol–water partition coefficient (Wildman–Crippen LogP) is 2.53. The van der Waals surface area contributed by atoms with E-state index in [4.69, 9.17) is 4.65 Å². The van der Waals surface area contributed by atoms with E-state index in [0.717, 1.165) is 0 Å². The molecule has 1 aliphatic rings. The first-order valence-electron chi connectivity index (χ1n) is 5.56. The van der Waals surface area contributed by atoms with Crippen molar-refractivity contribution >= 4 is 7.48 Å². The fourth-order valence-corrected chi connectivity index (χ4v) is 1.50. The summed E-state index contributed by atoms with van der Waals surface area (Å²) in [6.45, 7) is 7.43. The van der Waals surface area contributed by atoms with Crippen molar-refractivity contribution in [2.45, 2.75) is 70.4 Å². The average molecular weight is 197 g/mol. The molecule has 14 heavy (non-hydrogen) atoms. The van der Waals surface area contributed by atoms with Gasteiger partial charge in [-0.3, -0.25) is 0 Å². The van der Waals surface area contributed by atoms with Crippen LogP contribution in [0.15, 0.2) is 0 Å². The van der Waals surface area contributed by atoms with Crippen LogP contribution < -0.4 is 0 Å². The number of hydrogen-bond donors (Lipinski definition) is 1. The highest BCUT2D eigenvalue weighted by atomic mass is 16.5. The third-order valence-corrected chi connectivity index (χ3v) is 3.43. The van der Waals surface area contributed by atoms with E-state index in [1.807, 2.05) is 21.3 Å². The lowest BCUT2D eigenvalue weighted by Gasteiger charge is -2.38. The predicted molar refractivity (Wildman–Crippen MR) is 59.4 cm³/mol. The van der Waals surface area contributed by atoms with Gasteiger partial charge in [0.05, 0.1) is 11.2 Å². The van der Waals surface area contributed by atoms with Gasteiger partial charge in [-0.05, 0) is 33.5 Å². The molecule has 0 aliphatic heterocycles. The molecule has 0 heterocycles. The zero-order valence-electron chi connectivity index (χ0n) is 9.84. The highest BCUT2D eigenvalue weighted by Crippen LogP contribution is 2.32. The van der Waals surface area contributed by atoms with Crippen LogP contribution in [0.1, 0.15) is 53.4 Å². The van der Waals surface area contributed by atoms with Crippen molar-refractivity contribution < 1.29 is 9.76 Å². The minimum absolute atomic E-state index is 0.504. The fraction of sp³-hybridized carbons (Fsp3) is 1.00. The molecule has 0 atom stereocenters. The summed E-state index contributed by atoms with van der Waals surface area (Å²) in [4.78, 5) is 0. The van der Waals surface area contributed by atoms with Crippen LogP contribution in [0.2, 0.25) is 5.82 Å². The molecule has 0 spiro atoms. The van der Waals surface area contributed by atoms with Gasteiger partial charge >= 0.3 is 0 Å². The van der Waals surface area contributed by atoms with Gasteiger partial charge in [-0.1, -0.05) is 25.7 Å². The zero-order valence-corrected chi connectivity index (χ0v) is 9.84. The molecule has 81 valence electrons. The van der Waals surface area contributed by atoms with E-state index < -0.39 is 11.2 Å². The average Bonchev–Trinajstić information content (AvgIpc) is 2.50. The molecule has 3 heteroatoms. The first-order valence-corrected chi connectivity index (χ1v) is 5.56. The normalized spacial score (nSPS) is 20.1. The summed E-state index contributed by atoms with van der Waals surface area (Å²) < 4.78 is 5.70. The van der Waals surface area contributed by atoms with Gasteiger partial charge in [0.15, 0.2) is 0 Å². The minimum Gasteiger partial charge on any atom is -0.433 e. The minimum atomic E-state index is -0.803. The van der Waals surface area contributed by atoms with Crippen molar-refractivity contribution in [1.82, 2.24) is 0 Å². The third-order valence-electron chi connectivity index (χ3n) is 3.43. The summed E-state index contributed by atoms with van der Waals surface area (Å²) >= 11 is 0. The van der Waals surface area contributed by atoms with E-state index in [1.165, 1.54) is 25.7 Å². The summed E-state index contributed by atoms with van der Waals surface area (Å²) in [5.74, 6) is 0.594. The Morgan fingerprint density at radius 2 is 1.64 bits per heavy atom. The fourth-order valence-electron chi connectivity index (χ4n) is 1.50. The lowest BCUT2D eigenvalue weighted by molar-refractivity contribution is -0.0910. The monoisotopic (exact) mass is 197 g/mol. The number of hydrogen-bond acceptors (Lipinski definition) is 2. The first kappa shape index (κ1) is 12.1. The van der Waals surface area contributed by atoms with E-state index in [-0.39, 0.29) is 0 Å². The molecule has 0 aromatic rings. The Labute approximate surface area is 88.3 Å². The topological polar surface area (TPSA) is 29.5 Å². The van der Waals surface area contributed by atoms with Gasteiger partial charge in [0, 0.05) is 0 Å². The molecule has 1 radical (unpaired) electrons. The van der Waals surface area contributed by atoms with Crippen LogP contribution in [0.5, 0.6) is 0 Å². The van der Waals surface area contributed by atoms with Crippen LogP contribution in [0, 0.1) is 0 Å². The second-order valence-electron chi connectivity index (χ2n) is 5.37. The van der Waals surface area contributed by atoms with E-state index in [9.17, 15) is 5.11 Å². The molecule has 0 unspecified atom stereocenters. The van der Waals surface area contributed by atoms with Crippen LogP contribution in [-0.4, -0.2) is 23.8 Å². The summed E-state index contributed by atoms with van der Waals surface area (Å²) in [6.07, 6.45) is 5.10. The summed E-state index contributed by atoms with van der Waals surface area (Å²) in [6, 6.07) is 0. The lowest BCUT2D eigenvalue weighted by Crippen LogP contribution is -2.48. The molecule has 0 aromatic heterocycles. The Hall–Kier alpha value is -0.0151. The molecule has 0 aromatic carbocycles. The maximum Gasteiger partial charge on any atom is 0.296 e. The van der Waals surface area contributed by atoms with Crippen molar-refractivity contribution in [3.63, 3.8) is 0 Å². The molecule has 1 N–H and O–H groups in total. The maximum absolute atomic E-state index is 9.87. The van der Waals surface area contributed by atoms with Crippen LogP contribution in [0.3, 0.4) is 0 Å². The van der Waals surface area contributed by atoms with Crippen LogP contribution in [0.4, 0.5) is 0 Å². The largest absolute Gasteiger partial charge is 0.433 e. The zero-order chi connectivity index (χ0) is 10.8. The van der Waals surface area contributed by atoms with Gasteiger partial charge in [-0.2, -0.15) is 0 Å². The Morgan fingerprint density at radius 1 is 1.14 bits per heavy atom. The van der Waals surface area contributed by atoms with Crippen LogP contribution in [0.25, 0.3) is 0 Å². The summed E-state index contributed by atoms with van der Waals surface area (Å²) in [5.41, 5.74) is -1.31. The molecule has 0 amide bonds. The van der Waals surface area contributed by atoms with E-state index in [2.05, 4.69) is 0 Å². The highest BCUT2D eigenvalue weighted by Gasteiger charge is 2.36. The van der Waals surface area contributed by atoms with Gasteiger partial charge in [0.25, 0.3) is 7.48 Å². The van der Waals surface area contributed by atoms with E-state index in [0.29, 0.717) is 5.82 Å². The molecule has 0 bridgehead atoms. The maximum atomic E-state index is 9.87. The molecule has 0 saturated heterocycles. The van der Waals surface area contributed by atoms with Crippen LogP contribution in [-0.2, 0) is 4.65 Å². The SMILES string of the molecule is CC(C)(O)C(C)(C)O[B]C1CCCC1. The Bertz CT molecular complexity index is 178. The molecule has 1 rings (SSSR count). The third kappa shape index (κ3) is 2.99. The van der Waals surface area contributed by atoms with Gasteiger partial charge in [-0.15, -0.1) is 0 Å². The molecule has 2 nitrogen and oxygen atoms in total. The van der Waals surface area contributed by atoms with Crippen molar-refractivity contribution in [2.75, 3.05) is 0 Å². The Kier molecular flexibility index (Phi) is 3.65. The van der Waals surface area contributed by atoms with Crippen LogP contribution >= 0.6 is 0 Å². The number of aliphatic hydroxyl groups is 1. The van der Waals surface area contributed by atoms with Gasteiger partial charge in [0.2, 0.25) is 0 Å². The van der Waals surface area contributed by atoms with Gasteiger partial charge < -0.3 is 9.76 Å². The van der Waals surface area contributed by atoms with E-state index in [1.54, 1.807) is 13.8 Å².